The van der Waals surface area contributed by atoms with Crippen LogP contribution in [0.5, 0.6) is 0 Å². The molecule has 90 valence electrons. The quantitative estimate of drug-likeness (QED) is 0.697. The third-order valence-corrected chi connectivity index (χ3v) is 3.41. The van der Waals surface area contributed by atoms with Crippen molar-refractivity contribution in [2.75, 3.05) is 32.7 Å². The van der Waals surface area contributed by atoms with Gasteiger partial charge in [-0.15, -0.1) is 0 Å². The van der Waals surface area contributed by atoms with Gasteiger partial charge in [-0.05, 0) is 19.4 Å². The fourth-order valence-corrected chi connectivity index (χ4v) is 2.21. The lowest BCUT2D eigenvalue weighted by Gasteiger charge is -2.34. The molecule has 0 aromatic heterocycles. The molecule has 0 aromatic rings. The molecule has 1 unspecified atom stereocenters. The summed E-state index contributed by atoms with van der Waals surface area (Å²) < 4.78 is 0. The van der Waals surface area contributed by atoms with E-state index in [4.69, 9.17) is 0 Å². The molecule has 5 heteroatoms. The van der Waals surface area contributed by atoms with E-state index >= 15 is 0 Å². The molecule has 2 heterocycles. The highest BCUT2D eigenvalue weighted by Crippen LogP contribution is 2.12. The molecule has 16 heavy (non-hydrogen) atoms. The maximum atomic E-state index is 11.8. The Morgan fingerprint density at radius 1 is 1.56 bits per heavy atom. The van der Waals surface area contributed by atoms with Crippen molar-refractivity contribution in [1.29, 1.82) is 0 Å². The zero-order valence-electron chi connectivity index (χ0n) is 9.74. The molecule has 5 nitrogen and oxygen atoms in total. The standard InChI is InChI=1S/C11H19N3O2/c1-2-13(9-4-5-12-11(9)16)8-10(15)14-6-3-7-14/h9H,2-8H2,1H3,(H,12,16). The highest BCUT2D eigenvalue weighted by atomic mass is 16.2. The first-order valence-electron chi connectivity index (χ1n) is 6.02. The smallest absolute Gasteiger partial charge is 0.237 e. The van der Waals surface area contributed by atoms with Gasteiger partial charge in [0.1, 0.15) is 0 Å². The van der Waals surface area contributed by atoms with Crippen LogP contribution in [0.3, 0.4) is 0 Å². The van der Waals surface area contributed by atoms with Gasteiger partial charge in [-0.25, -0.2) is 0 Å². The van der Waals surface area contributed by atoms with Crippen LogP contribution in [0.15, 0.2) is 0 Å². The van der Waals surface area contributed by atoms with Gasteiger partial charge in [0.2, 0.25) is 11.8 Å². The summed E-state index contributed by atoms with van der Waals surface area (Å²) in [7, 11) is 0. The molecule has 2 saturated heterocycles. The van der Waals surface area contributed by atoms with Crippen LogP contribution in [0.2, 0.25) is 0 Å². The lowest BCUT2D eigenvalue weighted by Crippen LogP contribution is -2.50. The molecule has 1 N–H and O–H groups in total. The first-order valence-corrected chi connectivity index (χ1v) is 6.02. The Kier molecular flexibility index (Phi) is 3.43. The van der Waals surface area contributed by atoms with Crippen molar-refractivity contribution in [2.45, 2.75) is 25.8 Å². The van der Waals surface area contributed by atoms with Crippen LogP contribution in [0.25, 0.3) is 0 Å². The predicted molar refractivity (Wildman–Crippen MR) is 59.9 cm³/mol. The van der Waals surface area contributed by atoms with Crippen molar-refractivity contribution in [3.05, 3.63) is 0 Å². The van der Waals surface area contributed by atoms with Crippen LogP contribution in [-0.2, 0) is 9.59 Å². The molecule has 2 rings (SSSR count). The minimum absolute atomic E-state index is 0.0678. The van der Waals surface area contributed by atoms with E-state index < -0.39 is 0 Å². The van der Waals surface area contributed by atoms with Crippen LogP contribution in [0, 0.1) is 0 Å². The zero-order chi connectivity index (χ0) is 11.5. The van der Waals surface area contributed by atoms with Crippen molar-refractivity contribution in [3.63, 3.8) is 0 Å². The number of hydrogen-bond donors (Lipinski definition) is 1. The second-order valence-corrected chi connectivity index (χ2v) is 4.39. The second-order valence-electron chi connectivity index (χ2n) is 4.39. The van der Waals surface area contributed by atoms with Crippen molar-refractivity contribution in [3.8, 4) is 0 Å². The average molecular weight is 225 g/mol. The summed E-state index contributed by atoms with van der Waals surface area (Å²) >= 11 is 0. The van der Waals surface area contributed by atoms with Gasteiger partial charge in [-0.1, -0.05) is 6.92 Å². The second kappa shape index (κ2) is 4.82. The predicted octanol–water partition coefficient (Wildman–Crippen LogP) is -0.571. The number of nitrogens with one attached hydrogen (secondary N) is 1. The average Bonchev–Trinajstić information content (AvgIpc) is 2.58. The zero-order valence-corrected chi connectivity index (χ0v) is 9.74. The van der Waals surface area contributed by atoms with E-state index in [1.165, 1.54) is 0 Å². The Labute approximate surface area is 95.8 Å². The summed E-state index contributed by atoms with van der Waals surface area (Å²) in [5.41, 5.74) is 0. The Morgan fingerprint density at radius 2 is 2.31 bits per heavy atom. The minimum atomic E-state index is -0.102. The van der Waals surface area contributed by atoms with Crippen molar-refractivity contribution >= 4 is 11.8 Å². The van der Waals surface area contributed by atoms with Crippen LogP contribution < -0.4 is 5.32 Å². The SMILES string of the molecule is CCN(CC(=O)N1CCC1)C1CCNC1=O. The van der Waals surface area contributed by atoms with Gasteiger partial charge in [0.05, 0.1) is 12.6 Å². The Balaban J connectivity index is 1.89. The number of carbonyl (C=O) groups is 2. The number of hydrogen-bond acceptors (Lipinski definition) is 3. The fraction of sp³-hybridized carbons (Fsp3) is 0.818. The Bertz CT molecular complexity index is 289. The number of rotatable bonds is 4. The largest absolute Gasteiger partial charge is 0.355 e. The Hall–Kier alpha value is -1.10. The van der Waals surface area contributed by atoms with E-state index in [1.807, 2.05) is 16.7 Å². The summed E-state index contributed by atoms with van der Waals surface area (Å²) in [6.07, 6.45) is 1.93. The molecular weight excluding hydrogens is 206 g/mol. The van der Waals surface area contributed by atoms with E-state index in [2.05, 4.69) is 5.32 Å². The van der Waals surface area contributed by atoms with E-state index in [9.17, 15) is 9.59 Å². The molecule has 2 aliphatic heterocycles. The molecule has 2 fully saturated rings. The highest BCUT2D eigenvalue weighted by molar-refractivity contribution is 5.85. The maximum absolute atomic E-state index is 11.8. The molecule has 0 spiro atoms. The maximum Gasteiger partial charge on any atom is 0.237 e. The molecule has 2 aliphatic rings. The number of likely N-dealkylation sites (N-methyl/N-ethyl adjacent to an activating group) is 1. The summed E-state index contributed by atoms with van der Waals surface area (Å²) in [5, 5.41) is 2.81. The summed E-state index contributed by atoms with van der Waals surface area (Å²) in [4.78, 5) is 27.2. The Morgan fingerprint density at radius 3 is 2.75 bits per heavy atom. The van der Waals surface area contributed by atoms with Gasteiger partial charge in [-0.2, -0.15) is 0 Å². The minimum Gasteiger partial charge on any atom is -0.355 e. The van der Waals surface area contributed by atoms with Crippen molar-refractivity contribution in [1.82, 2.24) is 15.1 Å². The van der Waals surface area contributed by atoms with Crippen LogP contribution in [0.1, 0.15) is 19.8 Å². The molecule has 0 radical (unpaired) electrons. The van der Waals surface area contributed by atoms with Crippen molar-refractivity contribution in [2.24, 2.45) is 0 Å². The monoisotopic (exact) mass is 225 g/mol. The third kappa shape index (κ3) is 2.19. The first-order chi connectivity index (χ1) is 7.72. The molecular formula is C11H19N3O2. The highest BCUT2D eigenvalue weighted by Gasteiger charge is 2.32. The van der Waals surface area contributed by atoms with Gasteiger partial charge < -0.3 is 10.2 Å². The van der Waals surface area contributed by atoms with Crippen LogP contribution >= 0.6 is 0 Å². The number of nitrogens with zero attached hydrogens (tertiary/aromatic N) is 2. The summed E-state index contributed by atoms with van der Waals surface area (Å²) in [6, 6.07) is -0.102. The van der Waals surface area contributed by atoms with Gasteiger partial charge >= 0.3 is 0 Å². The molecule has 0 aliphatic carbocycles. The van der Waals surface area contributed by atoms with Gasteiger partial charge in [0.15, 0.2) is 0 Å². The molecule has 2 amide bonds. The van der Waals surface area contributed by atoms with Crippen molar-refractivity contribution < 1.29 is 9.59 Å². The molecule has 0 bridgehead atoms. The lowest BCUT2D eigenvalue weighted by molar-refractivity contribution is -0.137. The van der Waals surface area contributed by atoms with E-state index in [0.29, 0.717) is 6.54 Å². The fourth-order valence-electron chi connectivity index (χ4n) is 2.21. The van der Waals surface area contributed by atoms with Gasteiger partial charge in [-0.3, -0.25) is 14.5 Å². The van der Waals surface area contributed by atoms with E-state index in [1.54, 1.807) is 0 Å². The summed E-state index contributed by atoms with van der Waals surface area (Å²) in [6.45, 7) is 5.62. The number of likely N-dealkylation sites (tertiary alicyclic amines) is 1. The third-order valence-electron chi connectivity index (χ3n) is 3.41. The lowest BCUT2D eigenvalue weighted by atomic mass is 10.2. The molecule has 0 aromatic carbocycles. The van der Waals surface area contributed by atoms with Gasteiger partial charge in [0, 0.05) is 19.6 Å². The topological polar surface area (TPSA) is 52.7 Å². The molecule has 0 saturated carbocycles. The van der Waals surface area contributed by atoms with Gasteiger partial charge in [0.25, 0.3) is 0 Å². The van der Waals surface area contributed by atoms with E-state index in [0.717, 1.165) is 39.0 Å². The first kappa shape index (κ1) is 11.4. The number of amides is 2. The molecule has 1 atom stereocenters. The normalized spacial score (nSPS) is 24.5. The summed E-state index contributed by atoms with van der Waals surface area (Å²) in [5.74, 6) is 0.228. The van der Waals surface area contributed by atoms with Crippen LogP contribution in [0.4, 0.5) is 0 Å². The van der Waals surface area contributed by atoms with Crippen LogP contribution in [-0.4, -0.2) is 60.4 Å². The van der Waals surface area contributed by atoms with E-state index in [-0.39, 0.29) is 17.9 Å². The number of carbonyl (C=O) groups excluding carboxylic acids is 2.